The smallest absolute Gasteiger partial charge is 0.196 e. The van der Waals surface area contributed by atoms with Gasteiger partial charge in [-0.15, -0.1) is 0 Å². The Balaban J connectivity index is 1.35. The summed E-state index contributed by atoms with van der Waals surface area (Å²) < 4.78 is 5.49. The molecule has 1 aromatic carbocycles. The number of rotatable bonds is 8. The second kappa shape index (κ2) is 9.30. The molecule has 3 aromatic rings. The first-order valence-corrected chi connectivity index (χ1v) is 11.7. The van der Waals surface area contributed by atoms with E-state index in [0.29, 0.717) is 42.3 Å². The van der Waals surface area contributed by atoms with Gasteiger partial charge in [-0.05, 0) is 49.2 Å². The van der Waals surface area contributed by atoms with Crippen molar-refractivity contribution in [1.82, 2.24) is 20.2 Å². The predicted molar refractivity (Wildman–Crippen MR) is 124 cm³/mol. The Labute approximate surface area is 191 Å². The Bertz CT molecular complexity index is 1090. The van der Waals surface area contributed by atoms with Crippen molar-refractivity contribution >= 4 is 35.0 Å². The third-order valence-corrected chi connectivity index (χ3v) is 6.41. The second-order valence-corrected chi connectivity index (χ2v) is 9.26. The predicted octanol–water partition coefficient (Wildman–Crippen LogP) is 3.76. The molecule has 0 radical (unpaired) electrons. The van der Waals surface area contributed by atoms with Crippen LogP contribution in [0.3, 0.4) is 0 Å². The molecule has 32 heavy (non-hydrogen) atoms. The molecule has 1 saturated heterocycles. The Hall–Kier alpha value is -2.91. The van der Waals surface area contributed by atoms with E-state index in [2.05, 4.69) is 20.4 Å². The van der Waals surface area contributed by atoms with Gasteiger partial charge in [-0.3, -0.25) is 9.89 Å². The highest BCUT2D eigenvalue weighted by Crippen LogP contribution is 2.32. The number of carbonyl (C=O) groups excluding carboxylic acids is 1. The number of carbonyl (C=O) groups is 1. The number of nitrogens with one attached hydrogen (secondary N) is 2. The maximum absolute atomic E-state index is 12.1. The van der Waals surface area contributed by atoms with Crippen LogP contribution in [0.1, 0.15) is 24.1 Å². The van der Waals surface area contributed by atoms with Gasteiger partial charge in [0, 0.05) is 48.2 Å². The molecule has 166 valence electrons. The van der Waals surface area contributed by atoms with Gasteiger partial charge in [-0.1, -0.05) is 12.1 Å². The molecule has 0 amide bonds. The van der Waals surface area contributed by atoms with Gasteiger partial charge in [-0.2, -0.15) is 5.10 Å². The van der Waals surface area contributed by atoms with Crippen molar-refractivity contribution < 1.29 is 9.53 Å². The number of Topliss-reactive ketones (excluding diaryl/α,β-unsaturated/α-hetero) is 1. The summed E-state index contributed by atoms with van der Waals surface area (Å²) in [7, 11) is 0. The molecule has 2 fully saturated rings. The van der Waals surface area contributed by atoms with Crippen LogP contribution in [0.2, 0.25) is 0 Å². The zero-order chi connectivity index (χ0) is 21.9. The lowest BCUT2D eigenvalue weighted by Crippen LogP contribution is -2.36. The number of hydrogen-bond acceptors (Lipinski definition) is 8. The molecular formula is C23H26N6O2S. The monoisotopic (exact) mass is 450 g/mol. The summed E-state index contributed by atoms with van der Waals surface area (Å²) in [6.07, 6.45) is 2.63. The summed E-state index contributed by atoms with van der Waals surface area (Å²) in [5.74, 6) is 2.94. The fourth-order valence-corrected chi connectivity index (χ4v) is 4.39. The third-order valence-electron chi connectivity index (χ3n) is 5.53. The van der Waals surface area contributed by atoms with Crippen LogP contribution < -0.4 is 10.2 Å². The number of nitrogens with zero attached hydrogens (tertiary/aromatic N) is 4. The molecule has 2 aliphatic rings. The van der Waals surface area contributed by atoms with E-state index >= 15 is 0 Å². The summed E-state index contributed by atoms with van der Waals surface area (Å²) in [5.41, 5.74) is 2.04. The fraction of sp³-hybridized carbons (Fsp3) is 0.391. The average molecular weight is 451 g/mol. The van der Waals surface area contributed by atoms with Crippen molar-refractivity contribution in [3.8, 4) is 0 Å². The summed E-state index contributed by atoms with van der Waals surface area (Å²) in [6.45, 7) is 4.93. The lowest BCUT2D eigenvalue weighted by atomic mass is 10.1. The van der Waals surface area contributed by atoms with Crippen molar-refractivity contribution in [3.63, 3.8) is 0 Å². The molecule has 1 aliphatic carbocycles. The highest BCUT2D eigenvalue weighted by molar-refractivity contribution is 7.99. The van der Waals surface area contributed by atoms with E-state index in [1.54, 1.807) is 0 Å². The van der Waals surface area contributed by atoms with Crippen molar-refractivity contribution in [3.05, 3.63) is 47.7 Å². The van der Waals surface area contributed by atoms with E-state index in [-0.39, 0.29) is 0 Å². The number of ether oxygens (including phenoxy) is 1. The van der Waals surface area contributed by atoms with Gasteiger partial charge in [0.2, 0.25) is 0 Å². The molecule has 0 atom stereocenters. The summed E-state index contributed by atoms with van der Waals surface area (Å²) >= 11 is 1.51. The number of aromatic amines is 1. The van der Waals surface area contributed by atoms with Crippen LogP contribution in [-0.4, -0.2) is 52.3 Å². The van der Waals surface area contributed by atoms with Crippen molar-refractivity contribution in [2.45, 2.75) is 36.2 Å². The Morgan fingerprint density at radius 2 is 1.94 bits per heavy atom. The SMILES string of the molecule is Cc1cc(Nc2cc(N3CCOCC3)nc(Sc3ccc(CC(=O)C4CC4)cc3)n2)n[nH]1. The van der Waals surface area contributed by atoms with E-state index in [1.807, 2.05) is 43.3 Å². The van der Waals surface area contributed by atoms with Crippen molar-refractivity contribution in [1.29, 1.82) is 0 Å². The largest absolute Gasteiger partial charge is 0.378 e. The molecule has 0 bridgehead atoms. The maximum Gasteiger partial charge on any atom is 0.196 e. The number of ketones is 1. The quantitative estimate of drug-likeness (QED) is 0.501. The maximum atomic E-state index is 12.1. The lowest BCUT2D eigenvalue weighted by Gasteiger charge is -2.28. The van der Waals surface area contributed by atoms with Crippen molar-refractivity contribution in [2.24, 2.45) is 5.92 Å². The summed E-state index contributed by atoms with van der Waals surface area (Å²) in [6, 6.07) is 12.0. The van der Waals surface area contributed by atoms with Gasteiger partial charge in [0.25, 0.3) is 0 Å². The zero-order valence-corrected chi connectivity index (χ0v) is 18.8. The minimum Gasteiger partial charge on any atom is -0.378 e. The van der Waals surface area contributed by atoms with E-state index < -0.39 is 0 Å². The van der Waals surface area contributed by atoms with E-state index in [9.17, 15) is 4.79 Å². The number of H-pyrrole nitrogens is 1. The molecule has 5 rings (SSSR count). The lowest BCUT2D eigenvalue weighted by molar-refractivity contribution is -0.119. The van der Waals surface area contributed by atoms with Gasteiger partial charge in [-0.25, -0.2) is 9.97 Å². The average Bonchev–Trinajstić information content (AvgIpc) is 3.58. The molecule has 8 nitrogen and oxygen atoms in total. The van der Waals surface area contributed by atoms with E-state index in [1.165, 1.54) is 11.8 Å². The Kier molecular flexibility index (Phi) is 6.09. The van der Waals surface area contributed by atoms with E-state index in [4.69, 9.17) is 14.7 Å². The van der Waals surface area contributed by atoms with Gasteiger partial charge in [0.05, 0.1) is 13.2 Å². The van der Waals surface area contributed by atoms with Crippen LogP contribution in [0.5, 0.6) is 0 Å². The molecule has 3 heterocycles. The fourth-order valence-electron chi connectivity index (χ4n) is 3.62. The number of aromatic nitrogens is 4. The molecule has 1 saturated carbocycles. The molecule has 0 spiro atoms. The molecule has 9 heteroatoms. The minimum absolute atomic E-state index is 0.296. The normalized spacial score (nSPS) is 16.2. The van der Waals surface area contributed by atoms with E-state index in [0.717, 1.165) is 53.7 Å². The van der Waals surface area contributed by atoms with Gasteiger partial charge < -0.3 is 15.0 Å². The van der Waals surface area contributed by atoms with Crippen LogP contribution in [-0.2, 0) is 16.0 Å². The highest BCUT2D eigenvalue weighted by Gasteiger charge is 2.29. The standard InChI is InChI=1S/C23H26N6O2S/c1-15-12-21(28-27-15)24-20-14-22(29-8-10-31-11-9-29)26-23(25-20)32-18-6-2-16(3-7-18)13-19(30)17-4-5-17/h2-3,6-7,12,14,17H,4-5,8-11,13H2,1H3,(H2,24,25,26,27,28). The Morgan fingerprint density at radius 1 is 1.16 bits per heavy atom. The van der Waals surface area contributed by atoms with Crippen LogP contribution in [0, 0.1) is 12.8 Å². The third kappa shape index (κ3) is 5.28. The first kappa shape index (κ1) is 21.0. The van der Waals surface area contributed by atoms with Gasteiger partial charge in [0.15, 0.2) is 11.0 Å². The zero-order valence-electron chi connectivity index (χ0n) is 18.0. The van der Waals surface area contributed by atoms with Crippen molar-refractivity contribution in [2.75, 3.05) is 36.5 Å². The van der Waals surface area contributed by atoms with Crippen LogP contribution in [0.25, 0.3) is 0 Å². The molecule has 0 unspecified atom stereocenters. The molecule has 1 aliphatic heterocycles. The second-order valence-electron chi connectivity index (χ2n) is 8.22. The number of aryl methyl sites for hydroxylation is 1. The number of anilines is 3. The highest BCUT2D eigenvalue weighted by atomic mass is 32.2. The summed E-state index contributed by atoms with van der Waals surface area (Å²) in [4.78, 5) is 24.8. The van der Waals surface area contributed by atoms with Gasteiger partial charge in [0.1, 0.15) is 17.4 Å². The first-order chi connectivity index (χ1) is 15.6. The van der Waals surface area contributed by atoms with Gasteiger partial charge >= 0.3 is 0 Å². The molecular weight excluding hydrogens is 424 g/mol. The van der Waals surface area contributed by atoms with Crippen LogP contribution >= 0.6 is 11.8 Å². The topological polar surface area (TPSA) is 96.0 Å². The molecule has 2 N–H and O–H groups in total. The van der Waals surface area contributed by atoms with Crippen LogP contribution in [0.15, 0.2) is 46.5 Å². The van der Waals surface area contributed by atoms with Crippen LogP contribution in [0.4, 0.5) is 17.5 Å². The number of hydrogen-bond donors (Lipinski definition) is 2. The minimum atomic E-state index is 0.296. The Morgan fingerprint density at radius 3 is 2.62 bits per heavy atom. The first-order valence-electron chi connectivity index (χ1n) is 10.9. The number of benzene rings is 1. The summed E-state index contributed by atoms with van der Waals surface area (Å²) in [5, 5.41) is 11.1. The number of morpholine rings is 1. The molecule has 2 aromatic heterocycles.